The first kappa shape index (κ1) is 16.6. The second-order valence-electron chi connectivity index (χ2n) is 5.21. The number of halogens is 1. The van der Waals surface area contributed by atoms with E-state index in [1.54, 1.807) is 11.8 Å². The summed E-state index contributed by atoms with van der Waals surface area (Å²) >= 11 is 7.84. The summed E-state index contributed by atoms with van der Waals surface area (Å²) in [4.78, 5) is 9.81. The molecule has 3 nitrogen and oxygen atoms in total. The molecule has 0 aliphatic carbocycles. The second-order valence-corrected chi connectivity index (χ2v) is 6.79. The zero-order valence-corrected chi connectivity index (χ0v) is 14.8. The largest absolute Gasteiger partial charge is 0.339 e. The number of nitrogens with zero attached hydrogens (tertiary/aromatic N) is 2. The Bertz CT molecular complexity index is 918. The Labute approximate surface area is 150 Å². The number of nitrogens with one attached hydrogen (secondary N) is 1. The third-order valence-corrected chi connectivity index (χ3v) is 4.97. The Kier molecular flexibility index (Phi) is 5.24. The lowest BCUT2D eigenvalue weighted by atomic mass is 10.2. The standard InChI is InChI=1S/C19H16ClN3S/c1-3-9-24-18-8-5-13(4-2)10-17(18)23-19-15-7-6-14(20)11-16(15)21-12-22-19/h2,5-8,10-12H,3,9H2,1H3,(H,21,22,23). The van der Waals surface area contributed by atoms with E-state index in [4.69, 9.17) is 18.0 Å². The highest BCUT2D eigenvalue weighted by Crippen LogP contribution is 2.32. The molecule has 24 heavy (non-hydrogen) atoms. The van der Waals surface area contributed by atoms with Gasteiger partial charge in [-0.3, -0.25) is 0 Å². The topological polar surface area (TPSA) is 37.8 Å². The van der Waals surface area contributed by atoms with Crippen molar-refractivity contribution in [3.8, 4) is 12.3 Å². The molecule has 3 rings (SSSR count). The Morgan fingerprint density at radius 3 is 2.88 bits per heavy atom. The highest BCUT2D eigenvalue weighted by atomic mass is 35.5. The van der Waals surface area contributed by atoms with E-state index in [1.165, 1.54) is 6.33 Å². The van der Waals surface area contributed by atoms with Crippen molar-refractivity contribution in [2.24, 2.45) is 0 Å². The maximum absolute atomic E-state index is 6.05. The number of fused-ring (bicyclic) bond motifs is 1. The average molecular weight is 354 g/mol. The first-order valence-electron chi connectivity index (χ1n) is 7.62. The molecule has 0 spiro atoms. The quantitative estimate of drug-likeness (QED) is 0.484. The average Bonchev–Trinajstić information content (AvgIpc) is 2.60. The number of rotatable bonds is 5. The predicted molar refractivity (Wildman–Crippen MR) is 103 cm³/mol. The molecule has 0 saturated carbocycles. The molecule has 0 aliphatic rings. The van der Waals surface area contributed by atoms with Gasteiger partial charge in [-0.2, -0.15) is 0 Å². The summed E-state index contributed by atoms with van der Waals surface area (Å²) in [5.74, 6) is 4.47. The Hall–Kier alpha value is -2.22. The van der Waals surface area contributed by atoms with Crippen LogP contribution in [0, 0.1) is 12.3 Å². The van der Waals surface area contributed by atoms with Gasteiger partial charge >= 0.3 is 0 Å². The molecule has 2 aromatic carbocycles. The van der Waals surface area contributed by atoms with Crippen LogP contribution in [0.25, 0.3) is 10.9 Å². The van der Waals surface area contributed by atoms with Crippen molar-refractivity contribution in [1.82, 2.24) is 9.97 Å². The van der Waals surface area contributed by atoms with Gasteiger partial charge in [0.05, 0.1) is 11.2 Å². The highest BCUT2D eigenvalue weighted by Gasteiger charge is 2.09. The maximum atomic E-state index is 6.05. The maximum Gasteiger partial charge on any atom is 0.141 e. The van der Waals surface area contributed by atoms with Crippen molar-refractivity contribution in [3.63, 3.8) is 0 Å². The van der Waals surface area contributed by atoms with Crippen LogP contribution in [0.3, 0.4) is 0 Å². The third kappa shape index (κ3) is 3.64. The van der Waals surface area contributed by atoms with Gasteiger partial charge in [-0.05, 0) is 48.6 Å². The van der Waals surface area contributed by atoms with E-state index in [-0.39, 0.29) is 0 Å². The van der Waals surface area contributed by atoms with Crippen molar-refractivity contribution < 1.29 is 0 Å². The van der Waals surface area contributed by atoms with E-state index >= 15 is 0 Å². The first-order valence-corrected chi connectivity index (χ1v) is 8.98. The number of anilines is 2. The summed E-state index contributed by atoms with van der Waals surface area (Å²) in [6.45, 7) is 2.16. The smallest absolute Gasteiger partial charge is 0.141 e. The fraction of sp³-hybridized carbons (Fsp3) is 0.158. The molecule has 120 valence electrons. The van der Waals surface area contributed by atoms with Gasteiger partial charge in [0.15, 0.2) is 0 Å². The molecule has 1 heterocycles. The summed E-state index contributed by atoms with van der Waals surface area (Å²) < 4.78 is 0. The zero-order chi connectivity index (χ0) is 16.9. The lowest BCUT2D eigenvalue weighted by molar-refractivity contribution is 1.10. The van der Waals surface area contributed by atoms with Crippen LogP contribution < -0.4 is 5.32 Å². The lowest BCUT2D eigenvalue weighted by Gasteiger charge is -2.13. The molecular weight excluding hydrogens is 338 g/mol. The van der Waals surface area contributed by atoms with Gasteiger partial charge in [0.2, 0.25) is 0 Å². The Morgan fingerprint density at radius 2 is 2.08 bits per heavy atom. The fourth-order valence-corrected chi connectivity index (χ4v) is 3.33. The third-order valence-electron chi connectivity index (χ3n) is 3.46. The van der Waals surface area contributed by atoms with Crippen LogP contribution in [0.4, 0.5) is 11.5 Å². The van der Waals surface area contributed by atoms with Crippen molar-refractivity contribution in [2.75, 3.05) is 11.1 Å². The molecule has 3 aromatic rings. The number of benzene rings is 2. The monoisotopic (exact) mass is 353 g/mol. The Balaban J connectivity index is 2.03. The molecule has 0 amide bonds. The van der Waals surface area contributed by atoms with Gasteiger partial charge in [0.1, 0.15) is 12.1 Å². The molecule has 1 N–H and O–H groups in total. The van der Waals surface area contributed by atoms with Crippen LogP contribution in [-0.4, -0.2) is 15.7 Å². The minimum Gasteiger partial charge on any atom is -0.339 e. The lowest BCUT2D eigenvalue weighted by Crippen LogP contribution is -1.98. The Morgan fingerprint density at radius 1 is 1.21 bits per heavy atom. The van der Waals surface area contributed by atoms with Crippen LogP contribution in [0.2, 0.25) is 5.02 Å². The first-order chi connectivity index (χ1) is 11.7. The summed E-state index contributed by atoms with van der Waals surface area (Å²) in [7, 11) is 0. The summed E-state index contributed by atoms with van der Waals surface area (Å²) in [6.07, 6.45) is 8.18. The molecule has 0 radical (unpaired) electrons. The van der Waals surface area contributed by atoms with Crippen LogP contribution >= 0.6 is 23.4 Å². The molecule has 0 fully saturated rings. The number of hydrogen-bond acceptors (Lipinski definition) is 4. The number of thioether (sulfide) groups is 1. The summed E-state index contributed by atoms with van der Waals surface area (Å²) in [6, 6.07) is 11.6. The van der Waals surface area contributed by atoms with Gasteiger partial charge in [0, 0.05) is 20.9 Å². The van der Waals surface area contributed by atoms with Crippen molar-refractivity contribution in [3.05, 3.63) is 53.3 Å². The molecule has 0 unspecified atom stereocenters. The molecule has 5 heteroatoms. The van der Waals surface area contributed by atoms with Crippen molar-refractivity contribution in [2.45, 2.75) is 18.2 Å². The van der Waals surface area contributed by atoms with Crippen LogP contribution in [0.1, 0.15) is 18.9 Å². The van der Waals surface area contributed by atoms with E-state index in [1.807, 2.05) is 30.3 Å². The minimum atomic E-state index is 0.653. The number of aromatic nitrogens is 2. The normalized spacial score (nSPS) is 10.5. The summed E-state index contributed by atoms with van der Waals surface area (Å²) in [5.41, 5.74) is 2.59. The van der Waals surface area contributed by atoms with E-state index < -0.39 is 0 Å². The van der Waals surface area contributed by atoms with Crippen molar-refractivity contribution >= 4 is 45.8 Å². The van der Waals surface area contributed by atoms with Crippen LogP contribution in [0.15, 0.2) is 47.6 Å². The van der Waals surface area contributed by atoms with Gasteiger partial charge in [-0.15, -0.1) is 18.2 Å². The molecular formula is C19H16ClN3S. The molecule has 0 aliphatic heterocycles. The van der Waals surface area contributed by atoms with E-state index in [2.05, 4.69) is 34.2 Å². The van der Waals surface area contributed by atoms with Crippen molar-refractivity contribution in [1.29, 1.82) is 0 Å². The van der Waals surface area contributed by atoms with Gasteiger partial charge in [-0.25, -0.2) is 9.97 Å². The SMILES string of the molecule is C#Cc1ccc(SCCC)c(Nc2ncnc3cc(Cl)ccc23)c1. The van der Waals surface area contributed by atoms with E-state index in [0.29, 0.717) is 5.02 Å². The van der Waals surface area contributed by atoms with Gasteiger partial charge in [-0.1, -0.05) is 24.4 Å². The van der Waals surface area contributed by atoms with Gasteiger partial charge < -0.3 is 5.32 Å². The summed E-state index contributed by atoms with van der Waals surface area (Å²) in [5, 5.41) is 4.98. The van der Waals surface area contributed by atoms with E-state index in [0.717, 1.165) is 45.0 Å². The molecule has 0 bridgehead atoms. The molecule has 0 atom stereocenters. The number of terminal acetylenes is 1. The zero-order valence-electron chi connectivity index (χ0n) is 13.2. The van der Waals surface area contributed by atoms with Crippen LogP contribution in [-0.2, 0) is 0 Å². The van der Waals surface area contributed by atoms with E-state index in [9.17, 15) is 0 Å². The minimum absolute atomic E-state index is 0.653. The molecule has 0 saturated heterocycles. The van der Waals surface area contributed by atoms with Gasteiger partial charge in [0.25, 0.3) is 0 Å². The highest BCUT2D eigenvalue weighted by molar-refractivity contribution is 7.99. The predicted octanol–water partition coefficient (Wildman–Crippen LogP) is 5.51. The second kappa shape index (κ2) is 7.57. The van der Waals surface area contributed by atoms with Crippen LogP contribution in [0.5, 0.6) is 0 Å². The molecule has 1 aromatic heterocycles. The number of hydrogen-bond donors (Lipinski definition) is 1. The fourth-order valence-electron chi connectivity index (χ4n) is 2.31.